The van der Waals surface area contributed by atoms with Crippen molar-refractivity contribution >= 4 is 0 Å². The first-order valence-electron chi connectivity index (χ1n) is 8.42. The molecule has 0 spiro atoms. The molecular weight excluding hydrogens is 399 g/mol. The Kier molecular flexibility index (Phi) is 5.40. The van der Waals surface area contributed by atoms with Crippen LogP contribution in [0.3, 0.4) is 0 Å². The molecule has 0 amide bonds. The van der Waals surface area contributed by atoms with Gasteiger partial charge < -0.3 is 4.74 Å². The molecule has 0 aliphatic carbocycles. The highest BCUT2D eigenvalue weighted by molar-refractivity contribution is 5.56. The Morgan fingerprint density at radius 3 is 2.38 bits per heavy atom. The second-order valence-electron chi connectivity index (χ2n) is 6.08. The molecule has 2 heterocycles. The molecule has 1 N–H and O–H groups in total. The fourth-order valence-corrected chi connectivity index (χ4v) is 2.53. The second-order valence-corrected chi connectivity index (χ2v) is 6.08. The molecule has 29 heavy (non-hydrogen) atoms. The van der Waals surface area contributed by atoms with Crippen molar-refractivity contribution in [2.75, 3.05) is 6.61 Å². The van der Waals surface area contributed by atoms with Crippen molar-refractivity contribution in [3.8, 4) is 22.7 Å². The molecule has 0 atom stereocenters. The van der Waals surface area contributed by atoms with Gasteiger partial charge in [0.2, 0.25) is 0 Å². The van der Waals surface area contributed by atoms with Gasteiger partial charge in [0, 0.05) is 24.2 Å². The lowest BCUT2D eigenvalue weighted by molar-refractivity contribution is -0.153. The first-order chi connectivity index (χ1) is 13.6. The lowest BCUT2D eigenvalue weighted by atomic mass is 10.2. The molecule has 154 valence electrons. The van der Waals surface area contributed by atoms with Crippen LogP contribution in [0.25, 0.3) is 16.9 Å². The maximum atomic E-state index is 14.6. The van der Waals surface area contributed by atoms with Gasteiger partial charge in [-0.25, -0.2) is 4.98 Å². The largest absolute Gasteiger partial charge is 0.484 e. The fourth-order valence-electron chi connectivity index (χ4n) is 2.53. The van der Waals surface area contributed by atoms with Gasteiger partial charge in [-0.1, -0.05) is 6.92 Å². The summed E-state index contributed by atoms with van der Waals surface area (Å²) >= 11 is 0. The number of benzene rings is 1. The number of hydrogen-bond donors (Lipinski definition) is 1. The normalized spacial score (nSPS) is 12.2. The standard InChI is InChI=1S/C18H15F5N4O2/c1-2-17(19,20)16-26-14(11-8-24-25-9-11)7-15(28)27(16)12-3-5-13(6-4-12)29-10-18(21,22)23/h3-9H,2,10H2,1H3,(H,24,25). The molecule has 0 saturated carbocycles. The van der Waals surface area contributed by atoms with Gasteiger partial charge in [-0.15, -0.1) is 0 Å². The minimum absolute atomic E-state index is 0.0173. The molecule has 6 nitrogen and oxygen atoms in total. The number of rotatable bonds is 6. The van der Waals surface area contributed by atoms with Gasteiger partial charge >= 0.3 is 12.1 Å². The van der Waals surface area contributed by atoms with Crippen LogP contribution in [-0.4, -0.2) is 32.5 Å². The van der Waals surface area contributed by atoms with E-state index in [9.17, 15) is 26.7 Å². The highest BCUT2D eigenvalue weighted by atomic mass is 19.4. The molecule has 1 aromatic carbocycles. The summed E-state index contributed by atoms with van der Waals surface area (Å²) in [5.41, 5.74) is -0.376. The first-order valence-corrected chi connectivity index (χ1v) is 8.42. The van der Waals surface area contributed by atoms with Crippen LogP contribution in [0.2, 0.25) is 0 Å². The number of ether oxygens (including phenoxy) is 1. The number of H-pyrrole nitrogens is 1. The van der Waals surface area contributed by atoms with E-state index >= 15 is 0 Å². The van der Waals surface area contributed by atoms with E-state index in [4.69, 9.17) is 0 Å². The number of halogens is 5. The molecule has 2 aromatic heterocycles. The zero-order valence-electron chi connectivity index (χ0n) is 15.0. The van der Waals surface area contributed by atoms with Crippen LogP contribution in [-0.2, 0) is 5.92 Å². The number of alkyl halides is 5. The molecule has 0 aliphatic rings. The highest BCUT2D eigenvalue weighted by Crippen LogP contribution is 2.32. The van der Waals surface area contributed by atoms with Crippen molar-refractivity contribution in [1.29, 1.82) is 0 Å². The van der Waals surface area contributed by atoms with Crippen molar-refractivity contribution < 1.29 is 26.7 Å². The Hall–Kier alpha value is -3.24. The van der Waals surface area contributed by atoms with Crippen LogP contribution in [0.15, 0.2) is 47.5 Å². The van der Waals surface area contributed by atoms with E-state index in [0.29, 0.717) is 5.56 Å². The molecule has 11 heteroatoms. The lowest BCUT2D eigenvalue weighted by Gasteiger charge is -2.20. The summed E-state index contributed by atoms with van der Waals surface area (Å²) in [5.74, 6) is -4.33. The fraction of sp³-hybridized carbons (Fsp3) is 0.278. The smallest absolute Gasteiger partial charge is 0.422 e. The summed E-state index contributed by atoms with van der Waals surface area (Å²) in [5, 5.41) is 6.22. The van der Waals surface area contributed by atoms with E-state index < -0.39 is 36.5 Å². The summed E-state index contributed by atoms with van der Waals surface area (Å²) in [4.78, 5) is 16.6. The van der Waals surface area contributed by atoms with Gasteiger partial charge in [0.15, 0.2) is 12.4 Å². The molecule has 0 bridgehead atoms. The van der Waals surface area contributed by atoms with Crippen LogP contribution in [0.5, 0.6) is 5.75 Å². The van der Waals surface area contributed by atoms with E-state index in [0.717, 1.165) is 22.8 Å². The molecule has 0 fully saturated rings. The quantitative estimate of drug-likeness (QED) is 0.618. The third-order valence-electron chi connectivity index (χ3n) is 3.98. The predicted molar refractivity (Wildman–Crippen MR) is 93.2 cm³/mol. The van der Waals surface area contributed by atoms with Crippen LogP contribution in [0.4, 0.5) is 22.0 Å². The molecular formula is C18H15F5N4O2. The average molecular weight is 414 g/mol. The molecule has 0 saturated heterocycles. The zero-order valence-corrected chi connectivity index (χ0v) is 15.0. The van der Waals surface area contributed by atoms with E-state index in [1.807, 2.05) is 0 Å². The Balaban J connectivity index is 2.05. The summed E-state index contributed by atoms with van der Waals surface area (Å²) < 4.78 is 71.2. The predicted octanol–water partition coefficient (Wildman–Crippen LogP) is 4.07. The van der Waals surface area contributed by atoms with Crippen molar-refractivity contribution in [3.63, 3.8) is 0 Å². The Bertz CT molecular complexity index is 1030. The number of hydrogen-bond acceptors (Lipinski definition) is 4. The van der Waals surface area contributed by atoms with Crippen molar-refractivity contribution in [3.05, 3.63) is 58.9 Å². The minimum atomic E-state index is -4.52. The van der Waals surface area contributed by atoms with Gasteiger partial charge in [0.1, 0.15) is 5.75 Å². The SMILES string of the molecule is CCC(F)(F)c1nc(-c2cn[nH]c2)cc(=O)n1-c1ccc(OCC(F)(F)F)cc1. The van der Waals surface area contributed by atoms with Gasteiger partial charge in [0.05, 0.1) is 17.6 Å². The summed E-state index contributed by atoms with van der Waals surface area (Å²) in [6, 6.07) is 5.81. The Morgan fingerprint density at radius 1 is 1.14 bits per heavy atom. The summed E-state index contributed by atoms with van der Waals surface area (Å²) in [6.45, 7) is -0.249. The third kappa shape index (κ3) is 4.61. The Labute approximate surface area is 161 Å². The second kappa shape index (κ2) is 7.64. The van der Waals surface area contributed by atoms with Crippen LogP contribution < -0.4 is 10.3 Å². The third-order valence-corrected chi connectivity index (χ3v) is 3.98. The molecule has 0 unspecified atom stereocenters. The maximum absolute atomic E-state index is 14.6. The maximum Gasteiger partial charge on any atom is 0.422 e. The van der Waals surface area contributed by atoms with Crippen molar-refractivity contribution in [2.45, 2.75) is 25.4 Å². The van der Waals surface area contributed by atoms with E-state index in [1.165, 1.54) is 31.5 Å². The molecule has 0 radical (unpaired) electrons. The molecule has 3 aromatic rings. The van der Waals surface area contributed by atoms with Gasteiger partial charge in [-0.2, -0.15) is 27.1 Å². The van der Waals surface area contributed by atoms with Crippen LogP contribution >= 0.6 is 0 Å². The van der Waals surface area contributed by atoms with E-state index in [-0.39, 0.29) is 17.1 Å². The van der Waals surface area contributed by atoms with Crippen LogP contribution in [0, 0.1) is 0 Å². The zero-order chi connectivity index (χ0) is 21.2. The van der Waals surface area contributed by atoms with Gasteiger partial charge in [-0.3, -0.25) is 14.5 Å². The number of aromatic nitrogens is 4. The first kappa shape index (κ1) is 20.5. The van der Waals surface area contributed by atoms with Gasteiger partial charge in [0.25, 0.3) is 5.56 Å². The summed E-state index contributed by atoms with van der Waals surface area (Å²) in [6.07, 6.45) is -2.38. The molecule has 3 rings (SSSR count). The van der Waals surface area contributed by atoms with Gasteiger partial charge in [-0.05, 0) is 24.3 Å². The monoisotopic (exact) mass is 414 g/mol. The number of nitrogens with zero attached hydrogens (tertiary/aromatic N) is 3. The van der Waals surface area contributed by atoms with E-state index in [2.05, 4.69) is 19.9 Å². The van der Waals surface area contributed by atoms with Crippen molar-refractivity contribution in [2.24, 2.45) is 0 Å². The van der Waals surface area contributed by atoms with Crippen molar-refractivity contribution in [1.82, 2.24) is 19.7 Å². The Morgan fingerprint density at radius 2 is 1.83 bits per heavy atom. The molecule has 0 aliphatic heterocycles. The summed E-state index contributed by atoms with van der Waals surface area (Å²) in [7, 11) is 0. The van der Waals surface area contributed by atoms with Crippen LogP contribution in [0.1, 0.15) is 19.2 Å². The number of aromatic amines is 1. The topological polar surface area (TPSA) is 72.8 Å². The average Bonchev–Trinajstić information content (AvgIpc) is 3.20. The minimum Gasteiger partial charge on any atom is -0.484 e. The van der Waals surface area contributed by atoms with E-state index in [1.54, 1.807) is 0 Å². The lowest BCUT2D eigenvalue weighted by Crippen LogP contribution is -2.30. The number of nitrogens with one attached hydrogen (secondary N) is 1. The highest BCUT2D eigenvalue weighted by Gasteiger charge is 2.36.